The van der Waals surface area contributed by atoms with E-state index < -0.39 is 5.82 Å². The summed E-state index contributed by atoms with van der Waals surface area (Å²) < 4.78 is 19.4. The molecule has 120 valence electrons. The highest BCUT2D eigenvalue weighted by Gasteiger charge is 2.34. The molecule has 2 bridgehead atoms. The van der Waals surface area contributed by atoms with Gasteiger partial charge < -0.3 is 9.64 Å². The molecule has 0 unspecified atom stereocenters. The second-order valence-corrected chi connectivity index (χ2v) is 6.14. The molecule has 7 heteroatoms. The molecule has 3 aliphatic heterocycles. The van der Waals surface area contributed by atoms with Crippen LogP contribution in [0.2, 0.25) is 5.02 Å². The molecule has 4 rings (SSSR count). The van der Waals surface area contributed by atoms with Gasteiger partial charge in [-0.25, -0.2) is 4.39 Å². The Labute approximate surface area is 133 Å². The molecule has 5 nitrogen and oxygen atoms in total. The average molecular weight is 328 g/mol. The van der Waals surface area contributed by atoms with E-state index in [1.807, 2.05) is 5.48 Å². The van der Waals surface area contributed by atoms with Crippen LogP contribution in [0.15, 0.2) is 17.1 Å². The molecule has 1 aromatic carbocycles. The van der Waals surface area contributed by atoms with Crippen molar-refractivity contribution in [2.45, 2.75) is 18.9 Å². The summed E-state index contributed by atoms with van der Waals surface area (Å²) in [6.07, 6.45) is 2.19. The lowest BCUT2D eigenvalue weighted by molar-refractivity contribution is 0.0898. The largest absolute Gasteiger partial charge is 0.492 e. The third-order valence-corrected chi connectivity index (χ3v) is 4.83. The van der Waals surface area contributed by atoms with E-state index in [9.17, 15) is 9.60 Å². The Morgan fingerprint density at radius 1 is 1.45 bits per heavy atom. The molecule has 0 aliphatic carbocycles. The van der Waals surface area contributed by atoms with E-state index in [1.54, 1.807) is 0 Å². The fraction of sp³-hybridized carbons (Fsp3) is 0.533. The maximum atomic E-state index is 14.5. The van der Waals surface area contributed by atoms with Gasteiger partial charge in [0.25, 0.3) is 0 Å². The number of ether oxygens (including phenoxy) is 1. The first-order valence-electron chi connectivity index (χ1n) is 7.36. The number of methoxy groups -OCH3 is 1. The second kappa shape index (κ2) is 6.40. The number of aliphatic imine (C=N–C) groups is 1. The van der Waals surface area contributed by atoms with Crippen LogP contribution in [0.5, 0.6) is 5.75 Å². The first-order chi connectivity index (χ1) is 10.6. The van der Waals surface area contributed by atoms with Crippen molar-refractivity contribution in [3.63, 3.8) is 0 Å². The Balaban J connectivity index is 1.93. The summed E-state index contributed by atoms with van der Waals surface area (Å²) >= 11 is 5.90. The summed E-state index contributed by atoms with van der Waals surface area (Å²) in [5.41, 5.74) is 2.18. The number of rotatable bonds is 3. The van der Waals surface area contributed by atoms with Crippen LogP contribution in [0.4, 0.5) is 4.39 Å². The molecule has 0 saturated carbocycles. The number of nitrogens with one attached hydrogen (secondary N) is 1. The summed E-state index contributed by atoms with van der Waals surface area (Å²) in [6, 6.07) is 3.09. The predicted molar refractivity (Wildman–Crippen MR) is 82.4 cm³/mol. The average Bonchev–Trinajstić information content (AvgIpc) is 2.55. The molecule has 0 aromatic heterocycles. The zero-order valence-electron chi connectivity index (χ0n) is 12.4. The summed E-state index contributed by atoms with van der Waals surface area (Å²) in [6.45, 7) is 3.05. The van der Waals surface area contributed by atoms with Crippen molar-refractivity contribution >= 4 is 17.4 Å². The van der Waals surface area contributed by atoms with Gasteiger partial charge in [-0.15, -0.1) is 0 Å². The summed E-state index contributed by atoms with van der Waals surface area (Å²) in [5.74, 6) is -0.0653. The Hall–Kier alpha value is -1.37. The fourth-order valence-corrected chi connectivity index (χ4v) is 3.53. The maximum Gasteiger partial charge on any atom is 0.177 e. The molecular weight excluding hydrogens is 309 g/mol. The molecule has 1 aromatic rings. The van der Waals surface area contributed by atoms with Gasteiger partial charge in [0, 0.05) is 6.54 Å². The Kier molecular flexibility index (Phi) is 4.52. The van der Waals surface area contributed by atoms with Crippen molar-refractivity contribution < 1.29 is 14.3 Å². The highest BCUT2D eigenvalue weighted by Crippen LogP contribution is 2.32. The van der Waals surface area contributed by atoms with Gasteiger partial charge in [0.2, 0.25) is 0 Å². The van der Waals surface area contributed by atoms with E-state index >= 15 is 0 Å². The Morgan fingerprint density at radius 2 is 2.18 bits per heavy atom. The van der Waals surface area contributed by atoms with Crippen molar-refractivity contribution in [1.82, 2.24) is 10.4 Å². The summed E-state index contributed by atoms with van der Waals surface area (Å²) in [7, 11) is 1.35. The number of hydrogen-bond acceptors (Lipinski definition) is 4. The van der Waals surface area contributed by atoms with E-state index in [-0.39, 0.29) is 28.2 Å². The van der Waals surface area contributed by atoms with Gasteiger partial charge in [-0.1, -0.05) is 11.6 Å². The third-order valence-electron chi connectivity index (χ3n) is 4.53. The van der Waals surface area contributed by atoms with Gasteiger partial charge in [0.1, 0.15) is 0 Å². The number of benzene rings is 1. The smallest absolute Gasteiger partial charge is 0.177 e. The van der Waals surface area contributed by atoms with Gasteiger partial charge in [-0.3, -0.25) is 15.7 Å². The topological polar surface area (TPSA) is 57.1 Å². The van der Waals surface area contributed by atoms with Crippen molar-refractivity contribution in [2.24, 2.45) is 10.9 Å². The minimum atomic E-state index is -0.628. The van der Waals surface area contributed by atoms with Crippen LogP contribution in [-0.2, 0) is 0 Å². The molecular formula is C15H19ClFN3O2. The minimum Gasteiger partial charge on any atom is -0.492 e. The number of fused-ring (bicyclic) bond motifs is 3. The lowest BCUT2D eigenvalue weighted by atomic mass is 9.84. The van der Waals surface area contributed by atoms with E-state index in [1.165, 1.54) is 19.2 Å². The van der Waals surface area contributed by atoms with Crippen LogP contribution >= 0.6 is 11.6 Å². The van der Waals surface area contributed by atoms with E-state index in [4.69, 9.17) is 16.3 Å². The molecule has 2 N–H and O–H groups in total. The SMILES string of the molecule is COc1c(Cl)ccc(C(=N[C@H]2CN3CCC2CC3)NO)c1F. The highest BCUT2D eigenvalue weighted by molar-refractivity contribution is 6.32. The maximum absolute atomic E-state index is 14.5. The Bertz CT molecular complexity index is 588. The van der Waals surface area contributed by atoms with E-state index in [2.05, 4.69) is 9.89 Å². The monoisotopic (exact) mass is 327 g/mol. The predicted octanol–water partition coefficient (Wildman–Crippen LogP) is 2.31. The first kappa shape index (κ1) is 15.5. The van der Waals surface area contributed by atoms with Crippen molar-refractivity contribution in [1.29, 1.82) is 0 Å². The molecule has 3 aliphatic rings. The molecule has 22 heavy (non-hydrogen) atoms. The summed E-state index contributed by atoms with van der Waals surface area (Å²) in [4.78, 5) is 6.90. The van der Waals surface area contributed by atoms with Gasteiger partial charge in [0.15, 0.2) is 17.4 Å². The molecule has 0 amide bonds. The highest BCUT2D eigenvalue weighted by atomic mass is 35.5. The van der Waals surface area contributed by atoms with Gasteiger partial charge in [0.05, 0.1) is 23.7 Å². The van der Waals surface area contributed by atoms with Gasteiger partial charge >= 0.3 is 0 Å². The van der Waals surface area contributed by atoms with Crippen LogP contribution in [0.1, 0.15) is 18.4 Å². The lowest BCUT2D eigenvalue weighted by Gasteiger charge is -2.43. The minimum absolute atomic E-state index is 0.0453. The van der Waals surface area contributed by atoms with Gasteiger partial charge in [-0.05, 0) is 44.0 Å². The fourth-order valence-electron chi connectivity index (χ4n) is 3.31. The van der Waals surface area contributed by atoms with Crippen LogP contribution < -0.4 is 10.2 Å². The van der Waals surface area contributed by atoms with Crippen LogP contribution in [-0.4, -0.2) is 48.7 Å². The molecule has 0 radical (unpaired) electrons. The van der Waals surface area contributed by atoms with Crippen LogP contribution in [0.3, 0.4) is 0 Å². The van der Waals surface area contributed by atoms with Gasteiger partial charge in [-0.2, -0.15) is 0 Å². The number of hydrogen-bond donors (Lipinski definition) is 2. The van der Waals surface area contributed by atoms with E-state index in [0.717, 1.165) is 32.5 Å². The molecule has 0 spiro atoms. The zero-order chi connectivity index (χ0) is 15.7. The number of hydroxylamine groups is 1. The first-order valence-corrected chi connectivity index (χ1v) is 7.74. The molecule has 3 saturated heterocycles. The van der Waals surface area contributed by atoms with Crippen molar-refractivity contribution in [2.75, 3.05) is 26.7 Å². The van der Waals surface area contributed by atoms with E-state index in [0.29, 0.717) is 5.92 Å². The molecule has 3 heterocycles. The quantitative estimate of drug-likeness (QED) is 0.508. The van der Waals surface area contributed by atoms with Crippen LogP contribution in [0, 0.1) is 11.7 Å². The molecule has 3 fully saturated rings. The third kappa shape index (κ3) is 2.78. The lowest BCUT2D eigenvalue weighted by Crippen LogP contribution is -2.50. The number of amidine groups is 1. The second-order valence-electron chi connectivity index (χ2n) is 5.74. The normalized spacial score (nSPS) is 27.8. The summed E-state index contributed by atoms with van der Waals surface area (Å²) in [5, 5.41) is 9.59. The van der Waals surface area contributed by atoms with Crippen molar-refractivity contribution in [3.05, 3.63) is 28.5 Å². The zero-order valence-corrected chi connectivity index (χ0v) is 13.1. The number of piperidine rings is 3. The number of halogens is 2. The van der Waals surface area contributed by atoms with Crippen molar-refractivity contribution in [3.8, 4) is 5.75 Å². The Morgan fingerprint density at radius 3 is 2.73 bits per heavy atom. The standard InChI is InChI=1S/C15H19ClFN3O2/c1-22-14-11(16)3-2-10(13(14)17)15(19-21)18-12-8-20-6-4-9(12)5-7-20/h2-3,9,12,21H,4-8H2,1H3,(H,18,19)/t12-/m0/s1. The van der Waals surface area contributed by atoms with Crippen LogP contribution in [0.25, 0.3) is 0 Å². The molecule has 1 atom stereocenters. The number of nitrogens with zero attached hydrogens (tertiary/aromatic N) is 2.